The van der Waals surface area contributed by atoms with E-state index in [2.05, 4.69) is 10.1 Å². The van der Waals surface area contributed by atoms with Crippen molar-refractivity contribution in [3.63, 3.8) is 0 Å². The van der Waals surface area contributed by atoms with Crippen LogP contribution in [0, 0.1) is 0 Å². The number of aliphatic hydroxyl groups excluding tert-OH is 1. The lowest BCUT2D eigenvalue weighted by molar-refractivity contribution is -0.0498. The second-order valence-corrected chi connectivity index (χ2v) is 4.15. The molecular formula is C12H15F2NO2. The minimum atomic E-state index is -2.80. The first-order valence-electron chi connectivity index (χ1n) is 5.64. The van der Waals surface area contributed by atoms with E-state index < -0.39 is 6.61 Å². The summed E-state index contributed by atoms with van der Waals surface area (Å²) in [5.41, 5.74) is 0.803. The van der Waals surface area contributed by atoms with Crippen molar-refractivity contribution in [2.24, 2.45) is 0 Å². The van der Waals surface area contributed by atoms with Crippen LogP contribution in [0.15, 0.2) is 24.3 Å². The fourth-order valence-electron chi connectivity index (χ4n) is 2.06. The smallest absolute Gasteiger partial charge is 0.387 e. The van der Waals surface area contributed by atoms with Gasteiger partial charge in [0, 0.05) is 5.69 Å². The van der Waals surface area contributed by atoms with Gasteiger partial charge < -0.3 is 15.2 Å². The summed E-state index contributed by atoms with van der Waals surface area (Å²) in [4.78, 5) is 0. The standard InChI is InChI=1S/C12H15F2NO2/c13-12(14)17-9-6-4-8(5-7-9)15-10-2-1-3-11(10)16/h4-7,10-12,15-16H,1-3H2. The Hall–Kier alpha value is -1.36. The fraction of sp³-hybridized carbons (Fsp3) is 0.500. The van der Waals surface area contributed by atoms with Crippen molar-refractivity contribution in [1.29, 1.82) is 0 Å². The molecule has 0 radical (unpaired) electrons. The number of alkyl halides is 2. The summed E-state index contributed by atoms with van der Waals surface area (Å²) in [5.74, 6) is 0.137. The number of hydrogen-bond acceptors (Lipinski definition) is 3. The summed E-state index contributed by atoms with van der Waals surface area (Å²) in [6.45, 7) is -2.80. The molecule has 2 atom stereocenters. The van der Waals surface area contributed by atoms with Crippen LogP contribution in [0.2, 0.25) is 0 Å². The second kappa shape index (κ2) is 5.31. The molecule has 0 saturated heterocycles. The van der Waals surface area contributed by atoms with E-state index in [9.17, 15) is 13.9 Å². The lowest BCUT2D eigenvalue weighted by atomic mass is 10.2. The molecule has 1 aromatic rings. The van der Waals surface area contributed by atoms with Crippen LogP contribution in [0.5, 0.6) is 5.75 Å². The van der Waals surface area contributed by atoms with Crippen molar-refractivity contribution in [3.8, 4) is 5.75 Å². The monoisotopic (exact) mass is 243 g/mol. The van der Waals surface area contributed by atoms with Crippen LogP contribution < -0.4 is 10.1 Å². The third-order valence-corrected chi connectivity index (χ3v) is 2.91. The fourth-order valence-corrected chi connectivity index (χ4v) is 2.06. The Kier molecular flexibility index (Phi) is 3.78. The van der Waals surface area contributed by atoms with Crippen molar-refractivity contribution in [2.75, 3.05) is 5.32 Å². The second-order valence-electron chi connectivity index (χ2n) is 4.15. The molecule has 3 nitrogen and oxygen atoms in total. The summed E-state index contributed by atoms with van der Waals surface area (Å²) in [6, 6.07) is 6.36. The first-order valence-corrected chi connectivity index (χ1v) is 5.64. The number of ether oxygens (including phenoxy) is 1. The summed E-state index contributed by atoms with van der Waals surface area (Å²) >= 11 is 0. The first-order chi connectivity index (χ1) is 8.15. The van der Waals surface area contributed by atoms with E-state index in [1.807, 2.05) is 0 Å². The number of nitrogens with one attached hydrogen (secondary N) is 1. The van der Waals surface area contributed by atoms with Gasteiger partial charge >= 0.3 is 6.61 Å². The van der Waals surface area contributed by atoms with Gasteiger partial charge in [-0.15, -0.1) is 0 Å². The molecule has 94 valence electrons. The van der Waals surface area contributed by atoms with Crippen molar-refractivity contribution in [1.82, 2.24) is 0 Å². The lowest BCUT2D eigenvalue weighted by Crippen LogP contribution is -2.27. The van der Waals surface area contributed by atoms with Crippen LogP contribution in [-0.2, 0) is 0 Å². The zero-order valence-corrected chi connectivity index (χ0v) is 9.27. The highest BCUT2D eigenvalue weighted by Crippen LogP contribution is 2.24. The molecule has 1 aliphatic rings. The van der Waals surface area contributed by atoms with E-state index in [0.717, 1.165) is 24.9 Å². The van der Waals surface area contributed by atoms with E-state index in [1.54, 1.807) is 12.1 Å². The van der Waals surface area contributed by atoms with Gasteiger partial charge in [-0.1, -0.05) is 0 Å². The highest BCUT2D eigenvalue weighted by molar-refractivity contribution is 5.47. The SMILES string of the molecule is OC1CCCC1Nc1ccc(OC(F)F)cc1. The molecule has 0 heterocycles. The Balaban J connectivity index is 1.93. The van der Waals surface area contributed by atoms with Crippen LogP contribution >= 0.6 is 0 Å². The Morgan fingerprint density at radius 1 is 1.24 bits per heavy atom. The Bertz CT molecular complexity index is 356. The van der Waals surface area contributed by atoms with E-state index in [1.165, 1.54) is 12.1 Å². The largest absolute Gasteiger partial charge is 0.435 e. The van der Waals surface area contributed by atoms with Gasteiger partial charge in [0.05, 0.1) is 12.1 Å². The first kappa shape index (κ1) is 12.1. The highest BCUT2D eigenvalue weighted by Gasteiger charge is 2.24. The Morgan fingerprint density at radius 2 is 1.94 bits per heavy atom. The number of aliphatic hydroxyl groups is 1. The van der Waals surface area contributed by atoms with E-state index in [0.29, 0.717) is 0 Å². The minimum absolute atomic E-state index is 0.0527. The van der Waals surface area contributed by atoms with Gasteiger partial charge in [0.2, 0.25) is 0 Å². The van der Waals surface area contributed by atoms with Crippen molar-refractivity contribution in [3.05, 3.63) is 24.3 Å². The normalized spacial score (nSPS) is 24.0. The van der Waals surface area contributed by atoms with Gasteiger partial charge in [0.25, 0.3) is 0 Å². The van der Waals surface area contributed by atoms with Gasteiger partial charge in [-0.25, -0.2) is 0 Å². The third-order valence-electron chi connectivity index (χ3n) is 2.91. The average molecular weight is 243 g/mol. The number of halogens is 2. The number of anilines is 1. The van der Waals surface area contributed by atoms with Crippen LogP contribution in [0.3, 0.4) is 0 Å². The quantitative estimate of drug-likeness (QED) is 0.854. The number of rotatable bonds is 4. The van der Waals surface area contributed by atoms with E-state index >= 15 is 0 Å². The average Bonchev–Trinajstić information content (AvgIpc) is 2.67. The van der Waals surface area contributed by atoms with E-state index in [-0.39, 0.29) is 17.9 Å². The summed E-state index contributed by atoms with van der Waals surface area (Å²) in [7, 11) is 0. The predicted octanol–water partition coefficient (Wildman–Crippen LogP) is 2.61. The molecule has 5 heteroatoms. The zero-order chi connectivity index (χ0) is 12.3. The van der Waals surface area contributed by atoms with Crippen molar-refractivity contribution >= 4 is 5.69 Å². The van der Waals surface area contributed by atoms with E-state index in [4.69, 9.17) is 0 Å². The molecule has 0 aliphatic heterocycles. The van der Waals surface area contributed by atoms with Crippen LogP contribution in [0.25, 0.3) is 0 Å². The molecule has 2 unspecified atom stereocenters. The summed E-state index contributed by atoms with van der Waals surface area (Å²) in [5, 5.41) is 12.8. The number of hydrogen-bond donors (Lipinski definition) is 2. The number of benzene rings is 1. The van der Waals surface area contributed by atoms with Gasteiger partial charge in [-0.2, -0.15) is 8.78 Å². The van der Waals surface area contributed by atoms with Crippen LogP contribution in [0.4, 0.5) is 14.5 Å². The predicted molar refractivity (Wildman–Crippen MR) is 60.3 cm³/mol. The minimum Gasteiger partial charge on any atom is -0.435 e. The maximum Gasteiger partial charge on any atom is 0.387 e. The molecule has 2 rings (SSSR count). The molecule has 2 N–H and O–H groups in total. The molecule has 1 aliphatic carbocycles. The molecule has 0 bridgehead atoms. The molecule has 0 amide bonds. The highest BCUT2D eigenvalue weighted by atomic mass is 19.3. The van der Waals surface area contributed by atoms with Gasteiger partial charge in [-0.05, 0) is 43.5 Å². The zero-order valence-electron chi connectivity index (χ0n) is 9.27. The topological polar surface area (TPSA) is 41.5 Å². The van der Waals surface area contributed by atoms with Crippen LogP contribution in [-0.4, -0.2) is 23.9 Å². The van der Waals surface area contributed by atoms with Gasteiger partial charge in [-0.3, -0.25) is 0 Å². The molecule has 17 heavy (non-hydrogen) atoms. The molecular weight excluding hydrogens is 228 g/mol. The molecule has 1 saturated carbocycles. The molecule has 1 aromatic carbocycles. The van der Waals surface area contributed by atoms with Crippen molar-refractivity contribution in [2.45, 2.75) is 38.0 Å². The third kappa shape index (κ3) is 3.30. The maximum atomic E-state index is 11.9. The lowest BCUT2D eigenvalue weighted by Gasteiger charge is -2.17. The molecule has 1 fully saturated rings. The molecule has 0 aromatic heterocycles. The maximum absolute atomic E-state index is 11.9. The Labute approximate surface area is 98.4 Å². The van der Waals surface area contributed by atoms with Gasteiger partial charge in [0.1, 0.15) is 5.75 Å². The van der Waals surface area contributed by atoms with Gasteiger partial charge in [0.15, 0.2) is 0 Å². The summed E-state index contributed by atoms with van der Waals surface area (Å²) in [6.07, 6.45) is 2.42. The Morgan fingerprint density at radius 3 is 2.47 bits per heavy atom. The van der Waals surface area contributed by atoms with Crippen LogP contribution in [0.1, 0.15) is 19.3 Å². The molecule has 0 spiro atoms. The van der Waals surface area contributed by atoms with Crippen molar-refractivity contribution < 1.29 is 18.6 Å². The summed E-state index contributed by atoms with van der Waals surface area (Å²) < 4.78 is 28.1.